The zero-order valence-corrected chi connectivity index (χ0v) is 23.8. The fourth-order valence-electron chi connectivity index (χ4n) is 5.74. The number of fused-ring (bicyclic) bond motifs is 2. The number of carbonyl (C=O) groups is 1. The average Bonchev–Trinajstić information content (AvgIpc) is 3.33. The number of pyridine rings is 2. The average molecular weight is 576 g/mol. The molecule has 1 amide bonds. The van der Waals surface area contributed by atoms with Gasteiger partial charge in [-0.2, -0.15) is 5.10 Å². The molecule has 0 radical (unpaired) electrons. The van der Waals surface area contributed by atoms with Crippen molar-refractivity contribution in [2.75, 3.05) is 19.7 Å². The van der Waals surface area contributed by atoms with E-state index in [4.69, 9.17) is 15.6 Å². The molecule has 1 saturated carbocycles. The summed E-state index contributed by atoms with van der Waals surface area (Å²) in [5.74, 6) is 1.26. The van der Waals surface area contributed by atoms with Gasteiger partial charge in [0.1, 0.15) is 30.5 Å². The largest absolute Gasteiger partial charge is 0.474 e. The van der Waals surface area contributed by atoms with E-state index in [2.05, 4.69) is 32.7 Å². The number of aromatic nitrogens is 7. The topological polar surface area (TPSA) is 121 Å². The first-order valence-corrected chi connectivity index (χ1v) is 14.0. The number of halogens is 1. The molecule has 214 valence electrons. The summed E-state index contributed by atoms with van der Waals surface area (Å²) in [5.41, 5.74) is 11.7. The summed E-state index contributed by atoms with van der Waals surface area (Å²) < 4.78 is 12.2. The number of amides is 1. The quantitative estimate of drug-likeness (QED) is 0.299. The van der Waals surface area contributed by atoms with Crippen molar-refractivity contribution in [2.24, 2.45) is 11.7 Å². The summed E-state index contributed by atoms with van der Waals surface area (Å²) in [7, 11) is 0. The van der Waals surface area contributed by atoms with Gasteiger partial charge in [0.05, 0.1) is 23.3 Å². The highest BCUT2D eigenvalue weighted by Crippen LogP contribution is 2.39. The van der Waals surface area contributed by atoms with Crippen molar-refractivity contribution in [3.63, 3.8) is 0 Å². The third-order valence-electron chi connectivity index (χ3n) is 8.08. The SMILES string of the molecule is Cc1c(-c2cc3ccnc(OCCn4cnnc4)c3n2CC2CC2)nn2cc(C(=O)N3CCC[C@@H](N)C3)ccc12.Cl. The predicted octanol–water partition coefficient (Wildman–Crippen LogP) is 3.73. The second-order valence-electron chi connectivity index (χ2n) is 11.1. The third kappa shape index (κ3) is 5.27. The first-order chi connectivity index (χ1) is 19.5. The molecule has 0 unspecified atom stereocenters. The van der Waals surface area contributed by atoms with Crippen molar-refractivity contribution in [3.05, 3.63) is 60.4 Å². The van der Waals surface area contributed by atoms with Gasteiger partial charge in [0, 0.05) is 49.0 Å². The molecule has 12 heteroatoms. The molecule has 2 N–H and O–H groups in total. The summed E-state index contributed by atoms with van der Waals surface area (Å²) in [5, 5.41) is 13.8. The van der Waals surface area contributed by atoms with Crippen LogP contribution in [0, 0.1) is 12.8 Å². The molecular weight excluding hydrogens is 542 g/mol. The number of carbonyl (C=O) groups excluding carboxylic acids is 1. The van der Waals surface area contributed by atoms with Crippen molar-refractivity contribution >= 4 is 34.7 Å². The van der Waals surface area contributed by atoms with Crippen molar-refractivity contribution in [2.45, 2.75) is 51.7 Å². The van der Waals surface area contributed by atoms with Crippen LogP contribution < -0.4 is 10.5 Å². The first kappa shape index (κ1) is 27.2. The molecule has 5 aromatic rings. The summed E-state index contributed by atoms with van der Waals surface area (Å²) in [6.45, 7) is 5.42. The van der Waals surface area contributed by atoms with E-state index in [1.54, 1.807) is 18.9 Å². The van der Waals surface area contributed by atoms with Crippen LogP contribution in [0.15, 0.2) is 49.3 Å². The maximum atomic E-state index is 13.2. The molecule has 1 aliphatic heterocycles. The monoisotopic (exact) mass is 575 g/mol. The summed E-state index contributed by atoms with van der Waals surface area (Å²) in [6.07, 6.45) is 11.3. The van der Waals surface area contributed by atoms with Gasteiger partial charge in [-0.05, 0) is 62.8 Å². The lowest BCUT2D eigenvalue weighted by Crippen LogP contribution is -2.45. The summed E-state index contributed by atoms with van der Waals surface area (Å²) in [4.78, 5) is 19.7. The molecule has 0 spiro atoms. The molecule has 1 aliphatic carbocycles. The highest BCUT2D eigenvalue weighted by Gasteiger charge is 2.28. The van der Waals surface area contributed by atoms with Gasteiger partial charge in [-0.15, -0.1) is 22.6 Å². The molecule has 0 bridgehead atoms. The number of nitrogens with two attached hydrogens (primary N) is 1. The fourth-order valence-corrected chi connectivity index (χ4v) is 5.74. The summed E-state index contributed by atoms with van der Waals surface area (Å²) >= 11 is 0. The van der Waals surface area contributed by atoms with Gasteiger partial charge in [-0.25, -0.2) is 9.50 Å². The van der Waals surface area contributed by atoms with Crippen LogP contribution in [0.4, 0.5) is 0 Å². The number of hydrogen-bond donors (Lipinski definition) is 1. The smallest absolute Gasteiger partial charge is 0.255 e. The minimum Gasteiger partial charge on any atom is -0.474 e. The molecule has 0 aromatic carbocycles. The van der Waals surface area contributed by atoms with Gasteiger partial charge < -0.3 is 24.5 Å². The molecule has 7 rings (SSSR count). The standard InChI is InChI=1S/C29H33N9O2.ClH/c1-19-24-7-6-22(29(39)36-10-2-3-23(30)16-36)15-38(24)34-26(19)25-13-21-8-9-31-28(27(21)37(25)14-20-4-5-20)40-12-11-35-17-32-33-18-35;/h6-9,13,15,17-18,20,23H,2-5,10-12,14,16,30H2,1H3;1H/t23-;/m1./s1. The van der Waals surface area contributed by atoms with E-state index < -0.39 is 0 Å². The van der Waals surface area contributed by atoms with E-state index in [9.17, 15) is 4.79 Å². The zero-order chi connectivity index (χ0) is 27.2. The molecule has 2 aliphatic rings. The maximum Gasteiger partial charge on any atom is 0.255 e. The molecule has 6 heterocycles. The lowest BCUT2D eigenvalue weighted by atomic mass is 10.1. The Morgan fingerprint density at radius 2 is 1.98 bits per heavy atom. The second-order valence-corrected chi connectivity index (χ2v) is 11.1. The molecule has 2 fully saturated rings. The van der Waals surface area contributed by atoms with Gasteiger partial charge in [0.15, 0.2) is 0 Å². The predicted molar refractivity (Wildman–Crippen MR) is 157 cm³/mol. The molecule has 11 nitrogen and oxygen atoms in total. The molecule has 41 heavy (non-hydrogen) atoms. The maximum absolute atomic E-state index is 13.2. The number of piperidine rings is 1. The van der Waals surface area contributed by atoms with E-state index in [-0.39, 0.29) is 24.4 Å². The third-order valence-corrected chi connectivity index (χ3v) is 8.08. The second kappa shape index (κ2) is 11.1. The van der Waals surface area contributed by atoms with Crippen LogP contribution in [-0.2, 0) is 13.1 Å². The van der Waals surface area contributed by atoms with E-state index >= 15 is 0 Å². The van der Waals surface area contributed by atoms with E-state index in [1.807, 2.05) is 38.4 Å². The number of rotatable bonds is 8. The fraction of sp³-hybridized carbons (Fsp3) is 0.414. The Labute approximate surface area is 243 Å². The van der Waals surface area contributed by atoms with Crippen molar-refractivity contribution in [1.82, 2.24) is 38.8 Å². The van der Waals surface area contributed by atoms with Gasteiger partial charge in [-0.1, -0.05) is 0 Å². The Morgan fingerprint density at radius 3 is 2.76 bits per heavy atom. The summed E-state index contributed by atoms with van der Waals surface area (Å²) in [6, 6.07) is 8.15. The van der Waals surface area contributed by atoms with Crippen LogP contribution in [0.3, 0.4) is 0 Å². The van der Waals surface area contributed by atoms with Crippen LogP contribution in [0.1, 0.15) is 41.6 Å². The highest BCUT2D eigenvalue weighted by atomic mass is 35.5. The normalized spacial score (nSPS) is 17.2. The Hall–Kier alpha value is -3.96. The lowest BCUT2D eigenvalue weighted by Gasteiger charge is -2.30. The minimum absolute atomic E-state index is 0. The molecular formula is C29H34ClN9O2. The minimum atomic E-state index is 0. The molecule has 1 saturated heterocycles. The molecule has 1 atom stereocenters. The van der Waals surface area contributed by atoms with E-state index in [0.717, 1.165) is 59.3 Å². The highest BCUT2D eigenvalue weighted by molar-refractivity contribution is 5.95. The first-order valence-electron chi connectivity index (χ1n) is 14.0. The van der Waals surface area contributed by atoms with Crippen LogP contribution in [0.2, 0.25) is 0 Å². The number of aryl methyl sites for hydroxylation is 1. The lowest BCUT2D eigenvalue weighted by molar-refractivity contribution is 0.0708. The number of likely N-dealkylation sites (tertiary alicyclic amines) is 1. The van der Waals surface area contributed by atoms with Crippen molar-refractivity contribution < 1.29 is 9.53 Å². The van der Waals surface area contributed by atoms with Gasteiger partial charge in [0.25, 0.3) is 5.91 Å². The number of nitrogens with zero attached hydrogens (tertiary/aromatic N) is 8. The number of ether oxygens (including phenoxy) is 1. The van der Waals surface area contributed by atoms with Gasteiger partial charge >= 0.3 is 0 Å². The van der Waals surface area contributed by atoms with Gasteiger partial charge in [0.2, 0.25) is 5.88 Å². The van der Waals surface area contributed by atoms with Crippen LogP contribution >= 0.6 is 12.4 Å². The van der Waals surface area contributed by atoms with Gasteiger partial charge in [-0.3, -0.25) is 4.79 Å². The van der Waals surface area contributed by atoms with Crippen LogP contribution in [0.25, 0.3) is 27.8 Å². The van der Waals surface area contributed by atoms with E-state index in [1.165, 1.54) is 12.8 Å². The Kier molecular flexibility index (Phi) is 7.39. The Bertz CT molecular complexity index is 1690. The number of hydrogen-bond acceptors (Lipinski definition) is 7. The van der Waals surface area contributed by atoms with Crippen molar-refractivity contribution in [1.29, 1.82) is 0 Å². The van der Waals surface area contributed by atoms with Crippen LogP contribution in [-0.4, -0.2) is 70.5 Å². The Balaban J connectivity index is 0.00000302. The Morgan fingerprint density at radius 1 is 1.15 bits per heavy atom. The van der Waals surface area contributed by atoms with Crippen molar-refractivity contribution in [3.8, 4) is 17.3 Å². The van der Waals surface area contributed by atoms with E-state index in [0.29, 0.717) is 37.1 Å². The zero-order valence-electron chi connectivity index (χ0n) is 23.0. The molecule has 5 aromatic heterocycles. The van der Waals surface area contributed by atoms with Crippen LogP contribution in [0.5, 0.6) is 5.88 Å².